The first-order valence-corrected chi connectivity index (χ1v) is 8.42. The van der Waals surface area contributed by atoms with E-state index in [0.29, 0.717) is 11.4 Å². The highest BCUT2D eigenvalue weighted by atomic mass is 32.2. The van der Waals surface area contributed by atoms with Gasteiger partial charge >= 0.3 is 0 Å². The molecule has 0 aliphatic rings. The molecule has 0 N–H and O–H groups in total. The number of aromatic nitrogens is 3. The summed E-state index contributed by atoms with van der Waals surface area (Å²) in [5.41, 5.74) is 2.17. The molecule has 0 aliphatic carbocycles. The summed E-state index contributed by atoms with van der Waals surface area (Å²) in [6.45, 7) is 4.84. The quantitative estimate of drug-likeness (QED) is 0.660. The number of hydrogen-bond acceptors (Lipinski definition) is 3. The molecule has 0 saturated heterocycles. The van der Waals surface area contributed by atoms with E-state index in [1.54, 1.807) is 18.7 Å². The lowest BCUT2D eigenvalue weighted by Crippen LogP contribution is -2.05. The third-order valence-electron chi connectivity index (χ3n) is 3.54. The van der Waals surface area contributed by atoms with Crippen LogP contribution in [0.4, 0.5) is 8.78 Å². The SMILES string of the molecule is CC(C)c1c(Sc2cc(F)cc(F)c2)ncn1Cc1ccncc1. The monoisotopic (exact) mass is 345 g/mol. The van der Waals surface area contributed by atoms with Crippen LogP contribution in [0.2, 0.25) is 0 Å². The fourth-order valence-corrected chi connectivity index (χ4v) is 3.66. The highest BCUT2D eigenvalue weighted by Gasteiger charge is 2.16. The lowest BCUT2D eigenvalue weighted by Gasteiger charge is -2.13. The van der Waals surface area contributed by atoms with Crippen LogP contribution >= 0.6 is 11.8 Å². The molecule has 0 aliphatic heterocycles. The third kappa shape index (κ3) is 3.82. The number of rotatable bonds is 5. The first kappa shape index (κ1) is 16.6. The minimum atomic E-state index is -0.584. The van der Waals surface area contributed by atoms with Gasteiger partial charge in [-0.2, -0.15) is 0 Å². The minimum Gasteiger partial charge on any atom is -0.329 e. The van der Waals surface area contributed by atoms with Crippen molar-refractivity contribution in [3.05, 3.63) is 71.9 Å². The Morgan fingerprint density at radius 2 is 1.75 bits per heavy atom. The van der Waals surface area contributed by atoms with Gasteiger partial charge in [0, 0.05) is 29.9 Å². The molecule has 2 heterocycles. The molecule has 0 atom stereocenters. The number of halogens is 2. The van der Waals surface area contributed by atoms with Gasteiger partial charge in [-0.1, -0.05) is 25.6 Å². The van der Waals surface area contributed by atoms with Crippen molar-refractivity contribution in [1.29, 1.82) is 0 Å². The van der Waals surface area contributed by atoms with Gasteiger partial charge in [-0.15, -0.1) is 0 Å². The Labute approximate surface area is 143 Å². The van der Waals surface area contributed by atoms with Crippen LogP contribution in [0.5, 0.6) is 0 Å². The van der Waals surface area contributed by atoms with Crippen molar-refractivity contribution < 1.29 is 8.78 Å². The average Bonchev–Trinajstić information content (AvgIpc) is 2.89. The van der Waals surface area contributed by atoms with E-state index in [4.69, 9.17) is 0 Å². The van der Waals surface area contributed by atoms with E-state index < -0.39 is 11.6 Å². The van der Waals surface area contributed by atoms with E-state index in [-0.39, 0.29) is 5.92 Å². The Balaban J connectivity index is 1.91. The van der Waals surface area contributed by atoms with Crippen molar-refractivity contribution in [2.45, 2.75) is 36.2 Å². The summed E-state index contributed by atoms with van der Waals surface area (Å²) in [6.07, 6.45) is 5.28. The number of pyridine rings is 1. The average molecular weight is 345 g/mol. The lowest BCUT2D eigenvalue weighted by molar-refractivity contribution is 0.577. The second-order valence-corrected chi connectivity index (χ2v) is 6.84. The summed E-state index contributed by atoms with van der Waals surface area (Å²) in [5.74, 6) is -0.935. The zero-order chi connectivity index (χ0) is 17.1. The molecule has 2 aromatic heterocycles. The maximum atomic E-state index is 13.4. The molecule has 3 rings (SSSR count). The number of benzene rings is 1. The van der Waals surface area contributed by atoms with Crippen molar-refractivity contribution in [3.63, 3.8) is 0 Å². The van der Waals surface area contributed by atoms with Crippen LogP contribution in [0.1, 0.15) is 31.0 Å². The van der Waals surface area contributed by atoms with Gasteiger partial charge in [-0.25, -0.2) is 13.8 Å². The number of imidazole rings is 1. The molecular weight excluding hydrogens is 328 g/mol. The van der Waals surface area contributed by atoms with Crippen LogP contribution in [0.3, 0.4) is 0 Å². The topological polar surface area (TPSA) is 30.7 Å². The lowest BCUT2D eigenvalue weighted by atomic mass is 10.1. The van der Waals surface area contributed by atoms with E-state index in [9.17, 15) is 8.78 Å². The fraction of sp³-hybridized carbons (Fsp3) is 0.222. The predicted octanol–water partition coefficient (Wildman–Crippen LogP) is 4.88. The van der Waals surface area contributed by atoms with Crippen LogP contribution in [-0.2, 0) is 6.54 Å². The molecule has 0 saturated carbocycles. The van der Waals surface area contributed by atoms with Crippen LogP contribution in [0, 0.1) is 11.6 Å². The molecule has 6 heteroatoms. The normalized spacial score (nSPS) is 11.2. The molecule has 0 radical (unpaired) electrons. The van der Waals surface area contributed by atoms with E-state index in [1.807, 2.05) is 12.1 Å². The van der Waals surface area contributed by atoms with Crippen LogP contribution < -0.4 is 0 Å². The molecule has 124 valence electrons. The highest BCUT2D eigenvalue weighted by Crippen LogP contribution is 2.34. The first-order chi connectivity index (χ1) is 11.5. The standard InChI is InChI=1S/C18H17F2N3S/c1-12(2)17-18(24-16-8-14(19)7-15(20)9-16)22-11-23(17)10-13-3-5-21-6-4-13/h3-9,11-12H,10H2,1-2H3. The zero-order valence-electron chi connectivity index (χ0n) is 13.4. The van der Waals surface area contributed by atoms with Gasteiger partial charge in [0.2, 0.25) is 0 Å². The molecule has 24 heavy (non-hydrogen) atoms. The second-order valence-electron chi connectivity index (χ2n) is 5.78. The first-order valence-electron chi connectivity index (χ1n) is 7.61. The van der Waals surface area contributed by atoms with Gasteiger partial charge in [0.25, 0.3) is 0 Å². The second kappa shape index (κ2) is 7.13. The van der Waals surface area contributed by atoms with E-state index in [2.05, 4.69) is 28.4 Å². The van der Waals surface area contributed by atoms with Crippen molar-refractivity contribution in [2.24, 2.45) is 0 Å². The largest absolute Gasteiger partial charge is 0.329 e. The van der Waals surface area contributed by atoms with Gasteiger partial charge in [0.15, 0.2) is 0 Å². The summed E-state index contributed by atoms with van der Waals surface area (Å²) < 4.78 is 28.9. The smallest absolute Gasteiger partial charge is 0.127 e. The van der Waals surface area contributed by atoms with Crippen LogP contribution in [0.25, 0.3) is 0 Å². The molecule has 0 fully saturated rings. The molecule has 0 bridgehead atoms. The van der Waals surface area contributed by atoms with Crippen LogP contribution in [-0.4, -0.2) is 14.5 Å². The zero-order valence-corrected chi connectivity index (χ0v) is 14.2. The number of hydrogen-bond donors (Lipinski definition) is 0. The Morgan fingerprint density at radius 1 is 1.08 bits per heavy atom. The number of nitrogens with zero attached hydrogens (tertiary/aromatic N) is 3. The highest BCUT2D eigenvalue weighted by molar-refractivity contribution is 7.99. The Bertz CT molecular complexity index is 811. The van der Waals surface area contributed by atoms with Gasteiger partial charge in [0.1, 0.15) is 16.7 Å². The molecule has 1 aromatic carbocycles. The van der Waals surface area contributed by atoms with Crippen molar-refractivity contribution in [2.75, 3.05) is 0 Å². The summed E-state index contributed by atoms with van der Waals surface area (Å²) >= 11 is 1.28. The Morgan fingerprint density at radius 3 is 2.38 bits per heavy atom. The summed E-state index contributed by atoms with van der Waals surface area (Å²) in [5, 5.41) is 0.768. The Kier molecular flexibility index (Phi) is 4.94. The summed E-state index contributed by atoms with van der Waals surface area (Å²) in [6, 6.07) is 7.42. The molecule has 3 aromatic rings. The Hall–Kier alpha value is -2.21. The maximum absolute atomic E-state index is 13.4. The van der Waals surface area contributed by atoms with Gasteiger partial charge < -0.3 is 4.57 Å². The van der Waals surface area contributed by atoms with Crippen molar-refractivity contribution >= 4 is 11.8 Å². The molecule has 3 nitrogen and oxygen atoms in total. The van der Waals surface area contributed by atoms with E-state index >= 15 is 0 Å². The molecule has 0 spiro atoms. The summed E-state index contributed by atoms with van der Waals surface area (Å²) in [7, 11) is 0. The minimum absolute atomic E-state index is 0.232. The fourth-order valence-electron chi connectivity index (χ4n) is 2.54. The molecule has 0 amide bonds. The van der Waals surface area contributed by atoms with Gasteiger partial charge in [0.05, 0.1) is 12.0 Å². The van der Waals surface area contributed by atoms with Crippen molar-refractivity contribution in [3.8, 4) is 0 Å². The van der Waals surface area contributed by atoms with E-state index in [0.717, 1.165) is 22.3 Å². The maximum Gasteiger partial charge on any atom is 0.127 e. The van der Waals surface area contributed by atoms with E-state index in [1.165, 1.54) is 23.9 Å². The van der Waals surface area contributed by atoms with Crippen molar-refractivity contribution in [1.82, 2.24) is 14.5 Å². The molecular formula is C18H17F2N3S. The van der Waals surface area contributed by atoms with Crippen LogP contribution in [0.15, 0.2) is 59.0 Å². The van der Waals surface area contributed by atoms with Gasteiger partial charge in [-0.3, -0.25) is 4.98 Å². The van der Waals surface area contributed by atoms with Gasteiger partial charge in [-0.05, 0) is 35.7 Å². The predicted molar refractivity (Wildman–Crippen MR) is 90.1 cm³/mol. The third-order valence-corrected chi connectivity index (χ3v) is 4.52. The summed E-state index contributed by atoms with van der Waals surface area (Å²) in [4.78, 5) is 8.98. The molecule has 0 unspecified atom stereocenters.